The summed E-state index contributed by atoms with van der Waals surface area (Å²) in [5.74, 6) is -0.308. The fourth-order valence-electron chi connectivity index (χ4n) is 2.23. The number of carbonyl (C=O) groups is 1. The fraction of sp³-hybridized carbons (Fsp3) is 0.688. The van der Waals surface area contributed by atoms with Gasteiger partial charge in [0, 0.05) is 6.42 Å². The van der Waals surface area contributed by atoms with Gasteiger partial charge in [0.2, 0.25) is 5.60 Å². The minimum absolute atomic E-state index is 0.261. The normalized spacial score (nSPS) is 33.4. The molecule has 2 aliphatic rings. The Bertz CT molecular complexity index is 451. The van der Waals surface area contributed by atoms with Gasteiger partial charge in [-0.3, -0.25) is 0 Å². The molecule has 0 spiro atoms. The largest absolute Gasteiger partial charge is 0.492 e. The summed E-state index contributed by atoms with van der Waals surface area (Å²) in [4.78, 5) is 12.2. The second kappa shape index (κ2) is 5.51. The van der Waals surface area contributed by atoms with Crippen LogP contribution in [-0.4, -0.2) is 23.8 Å². The van der Waals surface area contributed by atoms with Crippen LogP contribution in [0.1, 0.15) is 53.4 Å². The number of hydrogen-bond acceptors (Lipinski definition) is 4. The molecule has 2 aliphatic heterocycles. The first-order chi connectivity index (χ1) is 9.33. The first-order valence-corrected chi connectivity index (χ1v) is 7.17. The van der Waals surface area contributed by atoms with E-state index in [9.17, 15) is 4.79 Å². The second-order valence-corrected chi connectivity index (χ2v) is 6.42. The number of hydrogen-bond donors (Lipinski definition) is 0. The Morgan fingerprint density at radius 1 is 1.15 bits per heavy atom. The maximum absolute atomic E-state index is 12.2. The van der Waals surface area contributed by atoms with Crippen LogP contribution < -0.4 is 0 Å². The average Bonchev–Trinajstić information content (AvgIpc) is 2.43. The Kier molecular flexibility index (Phi) is 4.11. The third-order valence-electron chi connectivity index (χ3n) is 4.05. The molecule has 0 N–H and O–H groups in total. The fourth-order valence-corrected chi connectivity index (χ4v) is 2.23. The third kappa shape index (κ3) is 3.35. The van der Waals surface area contributed by atoms with E-state index in [1.807, 2.05) is 20.8 Å². The van der Waals surface area contributed by atoms with Gasteiger partial charge in [0.05, 0.1) is 12.5 Å². The lowest BCUT2D eigenvalue weighted by Crippen LogP contribution is -2.44. The summed E-state index contributed by atoms with van der Waals surface area (Å²) in [6.07, 6.45) is 6.78. The lowest BCUT2D eigenvalue weighted by Gasteiger charge is -2.35. The molecule has 0 fully saturated rings. The third-order valence-corrected chi connectivity index (χ3v) is 4.05. The molecule has 0 saturated carbocycles. The van der Waals surface area contributed by atoms with Crippen molar-refractivity contribution in [2.45, 2.75) is 64.6 Å². The molecule has 0 amide bonds. The molecule has 0 unspecified atom stereocenters. The summed E-state index contributed by atoms with van der Waals surface area (Å²) in [5, 5.41) is 0. The van der Waals surface area contributed by atoms with Gasteiger partial charge in [-0.2, -0.15) is 0 Å². The quantitative estimate of drug-likeness (QED) is 0.742. The highest BCUT2D eigenvalue weighted by Crippen LogP contribution is 2.30. The summed E-state index contributed by atoms with van der Waals surface area (Å²) in [6, 6.07) is 0. The van der Waals surface area contributed by atoms with Crippen molar-refractivity contribution < 1.29 is 19.0 Å². The molecule has 2 heterocycles. The monoisotopic (exact) mass is 280 g/mol. The van der Waals surface area contributed by atoms with Gasteiger partial charge in [0.15, 0.2) is 0 Å². The summed E-state index contributed by atoms with van der Waals surface area (Å²) in [6.45, 7) is 8.05. The molecule has 4 heteroatoms. The van der Waals surface area contributed by atoms with Gasteiger partial charge in [-0.05, 0) is 58.1 Å². The predicted molar refractivity (Wildman–Crippen MR) is 75.9 cm³/mol. The van der Waals surface area contributed by atoms with Gasteiger partial charge in [-0.25, -0.2) is 4.79 Å². The van der Waals surface area contributed by atoms with Crippen molar-refractivity contribution in [1.82, 2.24) is 0 Å². The highest BCUT2D eigenvalue weighted by Gasteiger charge is 2.40. The zero-order chi connectivity index (χ0) is 14.8. The zero-order valence-corrected chi connectivity index (χ0v) is 12.8. The Morgan fingerprint density at radius 3 is 2.25 bits per heavy atom. The van der Waals surface area contributed by atoms with E-state index in [1.165, 1.54) is 5.57 Å². The SMILES string of the molecule is CC1=CO[C@](C)(COC(=O)[C@@]2(C)CCC(C)=CO2)CC1. The summed E-state index contributed by atoms with van der Waals surface area (Å²) in [5.41, 5.74) is 1.08. The lowest BCUT2D eigenvalue weighted by molar-refractivity contribution is -0.173. The van der Waals surface area contributed by atoms with E-state index in [4.69, 9.17) is 14.2 Å². The molecule has 0 aromatic rings. The van der Waals surface area contributed by atoms with E-state index in [0.29, 0.717) is 6.42 Å². The van der Waals surface area contributed by atoms with E-state index >= 15 is 0 Å². The Balaban J connectivity index is 1.89. The minimum Gasteiger partial charge on any atom is -0.492 e. The maximum atomic E-state index is 12.2. The van der Waals surface area contributed by atoms with Crippen LogP contribution in [0.3, 0.4) is 0 Å². The molecular formula is C16H24O4. The van der Waals surface area contributed by atoms with Crippen molar-refractivity contribution >= 4 is 5.97 Å². The Morgan fingerprint density at radius 2 is 1.75 bits per heavy atom. The van der Waals surface area contributed by atoms with Gasteiger partial charge >= 0.3 is 5.97 Å². The molecule has 2 rings (SSSR count). The summed E-state index contributed by atoms with van der Waals surface area (Å²) >= 11 is 0. The van der Waals surface area contributed by atoms with Crippen molar-refractivity contribution in [2.75, 3.05) is 6.61 Å². The van der Waals surface area contributed by atoms with Crippen molar-refractivity contribution in [3.8, 4) is 0 Å². The summed E-state index contributed by atoms with van der Waals surface area (Å²) in [7, 11) is 0. The average molecular weight is 280 g/mol. The second-order valence-electron chi connectivity index (χ2n) is 6.42. The first kappa shape index (κ1) is 14.9. The van der Waals surface area contributed by atoms with Crippen LogP contribution in [0.2, 0.25) is 0 Å². The number of allylic oxidation sites excluding steroid dienone is 2. The van der Waals surface area contributed by atoms with Crippen LogP contribution in [0.5, 0.6) is 0 Å². The molecule has 20 heavy (non-hydrogen) atoms. The smallest absolute Gasteiger partial charge is 0.350 e. The van der Waals surface area contributed by atoms with E-state index in [-0.39, 0.29) is 12.6 Å². The number of carbonyl (C=O) groups excluding carboxylic acids is 1. The van der Waals surface area contributed by atoms with E-state index in [0.717, 1.165) is 24.8 Å². The van der Waals surface area contributed by atoms with Gasteiger partial charge in [0.25, 0.3) is 0 Å². The number of esters is 1. The maximum Gasteiger partial charge on any atom is 0.350 e. The molecule has 2 atom stereocenters. The standard InChI is InChI=1S/C16H24O4/c1-12-5-7-15(3,19-9-12)11-18-14(17)16(4)8-6-13(2)10-20-16/h9-10H,5-8,11H2,1-4H3/t15-,16+/m0/s1. The highest BCUT2D eigenvalue weighted by molar-refractivity contribution is 5.79. The van der Waals surface area contributed by atoms with E-state index in [1.54, 1.807) is 19.4 Å². The van der Waals surface area contributed by atoms with Crippen LogP contribution in [0.25, 0.3) is 0 Å². The molecule has 4 nitrogen and oxygen atoms in total. The molecule has 0 aliphatic carbocycles. The van der Waals surface area contributed by atoms with E-state index < -0.39 is 11.2 Å². The lowest BCUT2D eigenvalue weighted by atomic mass is 9.94. The zero-order valence-electron chi connectivity index (χ0n) is 12.8. The van der Waals surface area contributed by atoms with Gasteiger partial charge < -0.3 is 14.2 Å². The molecule has 0 aromatic heterocycles. The number of ether oxygens (including phenoxy) is 3. The first-order valence-electron chi connectivity index (χ1n) is 7.17. The highest BCUT2D eigenvalue weighted by atomic mass is 16.6. The molecule has 112 valence electrons. The van der Waals surface area contributed by atoms with Crippen LogP contribution in [-0.2, 0) is 19.0 Å². The van der Waals surface area contributed by atoms with Crippen molar-refractivity contribution in [2.24, 2.45) is 0 Å². The molecule has 0 saturated heterocycles. The van der Waals surface area contributed by atoms with Crippen LogP contribution in [0.15, 0.2) is 23.7 Å². The van der Waals surface area contributed by atoms with Crippen LogP contribution >= 0.6 is 0 Å². The van der Waals surface area contributed by atoms with Gasteiger partial charge in [-0.15, -0.1) is 0 Å². The number of rotatable bonds is 3. The predicted octanol–water partition coefficient (Wildman–Crippen LogP) is 3.48. The van der Waals surface area contributed by atoms with Crippen LogP contribution in [0.4, 0.5) is 0 Å². The van der Waals surface area contributed by atoms with Crippen molar-refractivity contribution in [3.63, 3.8) is 0 Å². The van der Waals surface area contributed by atoms with Gasteiger partial charge in [-0.1, -0.05) is 0 Å². The van der Waals surface area contributed by atoms with Crippen molar-refractivity contribution in [3.05, 3.63) is 23.7 Å². The Hall–Kier alpha value is -1.45. The van der Waals surface area contributed by atoms with Gasteiger partial charge in [0.1, 0.15) is 12.2 Å². The summed E-state index contributed by atoms with van der Waals surface area (Å²) < 4.78 is 16.7. The van der Waals surface area contributed by atoms with E-state index in [2.05, 4.69) is 0 Å². The van der Waals surface area contributed by atoms with Crippen LogP contribution in [0, 0.1) is 0 Å². The topological polar surface area (TPSA) is 44.8 Å². The molecule has 0 radical (unpaired) electrons. The molecule has 0 aromatic carbocycles. The minimum atomic E-state index is -0.865. The van der Waals surface area contributed by atoms with Crippen molar-refractivity contribution in [1.29, 1.82) is 0 Å². The molecular weight excluding hydrogens is 256 g/mol. The Labute approximate surface area is 120 Å². The molecule has 0 bridgehead atoms.